The van der Waals surface area contributed by atoms with Gasteiger partial charge in [-0.2, -0.15) is 0 Å². The second kappa shape index (κ2) is 5.57. The fraction of sp³-hybridized carbons (Fsp3) is 0.250. The minimum Gasteiger partial charge on any atom is -0.314 e. The van der Waals surface area contributed by atoms with Crippen molar-refractivity contribution in [1.82, 2.24) is 10.3 Å². The summed E-state index contributed by atoms with van der Waals surface area (Å²) in [4.78, 5) is 4.57. The van der Waals surface area contributed by atoms with Crippen molar-refractivity contribution in [1.29, 1.82) is 0 Å². The topological polar surface area (TPSA) is 24.9 Å². The van der Waals surface area contributed by atoms with Crippen molar-refractivity contribution < 1.29 is 0 Å². The van der Waals surface area contributed by atoms with Gasteiger partial charge in [0.05, 0.1) is 10.7 Å². The van der Waals surface area contributed by atoms with Gasteiger partial charge in [0.1, 0.15) is 0 Å². The Morgan fingerprint density at radius 3 is 3.06 bits per heavy atom. The zero-order valence-corrected chi connectivity index (χ0v) is 11.4. The lowest BCUT2D eigenvalue weighted by Gasteiger charge is -1.98. The molecule has 84 valence electrons. The number of aromatic nitrogens is 1. The van der Waals surface area contributed by atoms with E-state index in [9.17, 15) is 0 Å². The summed E-state index contributed by atoms with van der Waals surface area (Å²) >= 11 is 5.20. The van der Waals surface area contributed by atoms with E-state index < -0.39 is 0 Å². The third-order valence-electron chi connectivity index (χ3n) is 2.20. The van der Waals surface area contributed by atoms with Crippen molar-refractivity contribution in [2.45, 2.75) is 13.0 Å². The Bertz CT molecular complexity index is 468. The highest BCUT2D eigenvalue weighted by Crippen LogP contribution is 2.17. The maximum atomic E-state index is 4.57. The second-order valence-corrected chi connectivity index (χ2v) is 5.43. The van der Waals surface area contributed by atoms with E-state index in [1.165, 1.54) is 10.6 Å². The molecule has 2 aromatic rings. The van der Waals surface area contributed by atoms with Crippen LogP contribution >= 0.6 is 27.3 Å². The molecular weight excluding hydrogens is 284 g/mol. The monoisotopic (exact) mass is 296 g/mol. The zero-order valence-electron chi connectivity index (χ0n) is 9.03. The Kier molecular flexibility index (Phi) is 4.09. The Hall–Kier alpha value is -0.710. The van der Waals surface area contributed by atoms with Crippen LogP contribution in [0.25, 0.3) is 0 Å². The van der Waals surface area contributed by atoms with E-state index in [-0.39, 0.29) is 0 Å². The lowest BCUT2D eigenvalue weighted by atomic mass is 10.2. The fourth-order valence-electron chi connectivity index (χ4n) is 1.51. The van der Waals surface area contributed by atoms with Crippen molar-refractivity contribution in [3.05, 3.63) is 50.4 Å². The van der Waals surface area contributed by atoms with Gasteiger partial charge in [-0.1, -0.05) is 28.1 Å². The number of hydrogen-bond donors (Lipinski definition) is 1. The maximum Gasteiger partial charge on any atom is 0.0972 e. The second-order valence-electron chi connectivity index (χ2n) is 3.57. The summed E-state index contributed by atoms with van der Waals surface area (Å²) in [6.45, 7) is 0.842. The highest BCUT2D eigenvalue weighted by atomic mass is 79.9. The third-order valence-corrected chi connectivity index (χ3v) is 3.59. The SMILES string of the molecule is CNCc1csc(Cc2cccc(Br)c2)n1. The van der Waals surface area contributed by atoms with E-state index in [0.29, 0.717) is 0 Å². The van der Waals surface area contributed by atoms with Crippen LogP contribution in [0.5, 0.6) is 0 Å². The van der Waals surface area contributed by atoms with Crippen LogP contribution in [-0.4, -0.2) is 12.0 Å². The highest BCUT2D eigenvalue weighted by Gasteiger charge is 2.02. The van der Waals surface area contributed by atoms with Crippen molar-refractivity contribution in [3.8, 4) is 0 Å². The van der Waals surface area contributed by atoms with Crippen molar-refractivity contribution in [2.75, 3.05) is 7.05 Å². The molecule has 0 amide bonds. The van der Waals surface area contributed by atoms with Gasteiger partial charge in [0.25, 0.3) is 0 Å². The molecule has 0 atom stereocenters. The predicted molar refractivity (Wildman–Crippen MR) is 71.8 cm³/mol. The molecule has 16 heavy (non-hydrogen) atoms. The van der Waals surface area contributed by atoms with Gasteiger partial charge in [0, 0.05) is 22.8 Å². The molecule has 0 radical (unpaired) electrons. The molecule has 0 fully saturated rings. The Balaban J connectivity index is 2.08. The normalized spacial score (nSPS) is 10.6. The summed E-state index contributed by atoms with van der Waals surface area (Å²) in [6, 6.07) is 8.36. The van der Waals surface area contributed by atoms with Crippen molar-refractivity contribution in [3.63, 3.8) is 0 Å². The highest BCUT2D eigenvalue weighted by molar-refractivity contribution is 9.10. The first kappa shape index (κ1) is 11.8. The molecule has 0 unspecified atom stereocenters. The molecule has 0 aliphatic heterocycles. The van der Waals surface area contributed by atoms with Gasteiger partial charge < -0.3 is 5.32 Å². The number of nitrogens with one attached hydrogen (secondary N) is 1. The molecule has 0 saturated heterocycles. The van der Waals surface area contributed by atoms with Gasteiger partial charge in [0.2, 0.25) is 0 Å². The van der Waals surface area contributed by atoms with Gasteiger partial charge in [-0.25, -0.2) is 4.98 Å². The minimum atomic E-state index is 0.842. The third kappa shape index (κ3) is 3.14. The molecular formula is C12H13BrN2S. The first-order valence-corrected chi connectivity index (χ1v) is 6.77. The van der Waals surface area contributed by atoms with Gasteiger partial charge in [-0.3, -0.25) is 0 Å². The number of rotatable bonds is 4. The van der Waals surface area contributed by atoms with E-state index >= 15 is 0 Å². The average Bonchev–Trinajstić information content (AvgIpc) is 2.66. The predicted octanol–water partition coefficient (Wildman–Crippen LogP) is 3.22. The molecule has 1 heterocycles. The van der Waals surface area contributed by atoms with Gasteiger partial charge in [-0.15, -0.1) is 11.3 Å². The molecule has 0 saturated carbocycles. The summed E-state index contributed by atoms with van der Waals surface area (Å²) in [5, 5.41) is 6.39. The molecule has 2 nitrogen and oxygen atoms in total. The van der Waals surface area contributed by atoms with Crippen LogP contribution in [-0.2, 0) is 13.0 Å². The van der Waals surface area contributed by atoms with Crippen LogP contribution in [0.3, 0.4) is 0 Å². The van der Waals surface area contributed by atoms with Crippen LogP contribution in [0.1, 0.15) is 16.3 Å². The molecule has 0 aliphatic carbocycles. The average molecular weight is 297 g/mol. The lowest BCUT2D eigenvalue weighted by Crippen LogP contribution is -2.05. The summed E-state index contributed by atoms with van der Waals surface area (Å²) in [7, 11) is 1.94. The Morgan fingerprint density at radius 1 is 1.44 bits per heavy atom. The van der Waals surface area contributed by atoms with Gasteiger partial charge in [0.15, 0.2) is 0 Å². The summed E-state index contributed by atoms with van der Waals surface area (Å²) in [5.41, 5.74) is 2.41. The van der Waals surface area contributed by atoms with Crippen LogP contribution in [0.2, 0.25) is 0 Å². The summed E-state index contributed by atoms with van der Waals surface area (Å²) in [5.74, 6) is 0. The van der Waals surface area contributed by atoms with E-state index in [1.54, 1.807) is 11.3 Å². The molecule has 0 spiro atoms. The quantitative estimate of drug-likeness (QED) is 0.937. The van der Waals surface area contributed by atoms with Crippen molar-refractivity contribution in [2.24, 2.45) is 0 Å². The molecule has 4 heteroatoms. The summed E-state index contributed by atoms with van der Waals surface area (Å²) < 4.78 is 1.12. The molecule has 1 aromatic heterocycles. The number of benzene rings is 1. The Morgan fingerprint density at radius 2 is 2.31 bits per heavy atom. The van der Waals surface area contributed by atoms with Gasteiger partial charge >= 0.3 is 0 Å². The summed E-state index contributed by atoms with van der Waals surface area (Å²) in [6.07, 6.45) is 0.911. The lowest BCUT2D eigenvalue weighted by molar-refractivity contribution is 0.793. The Labute approximate surface area is 108 Å². The van der Waals surface area contributed by atoms with Crippen LogP contribution < -0.4 is 5.32 Å². The van der Waals surface area contributed by atoms with E-state index in [4.69, 9.17) is 0 Å². The first-order chi connectivity index (χ1) is 7.78. The molecule has 2 rings (SSSR count). The van der Waals surface area contributed by atoms with E-state index in [2.05, 4.69) is 49.8 Å². The van der Waals surface area contributed by atoms with E-state index in [0.717, 1.165) is 23.1 Å². The molecule has 1 aromatic carbocycles. The number of halogens is 1. The minimum absolute atomic E-state index is 0.842. The number of nitrogens with zero attached hydrogens (tertiary/aromatic N) is 1. The van der Waals surface area contributed by atoms with E-state index in [1.807, 2.05) is 13.1 Å². The van der Waals surface area contributed by atoms with Crippen LogP contribution in [0.4, 0.5) is 0 Å². The first-order valence-electron chi connectivity index (χ1n) is 5.10. The molecule has 0 bridgehead atoms. The number of hydrogen-bond acceptors (Lipinski definition) is 3. The fourth-order valence-corrected chi connectivity index (χ4v) is 2.79. The largest absolute Gasteiger partial charge is 0.314 e. The maximum absolute atomic E-state index is 4.57. The van der Waals surface area contributed by atoms with Crippen LogP contribution in [0, 0.1) is 0 Å². The van der Waals surface area contributed by atoms with Gasteiger partial charge in [-0.05, 0) is 24.7 Å². The molecule has 0 aliphatic rings. The smallest absolute Gasteiger partial charge is 0.0972 e. The number of thiazole rings is 1. The zero-order chi connectivity index (χ0) is 11.4. The molecule has 1 N–H and O–H groups in total. The van der Waals surface area contributed by atoms with Crippen LogP contribution in [0.15, 0.2) is 34.1 Å². The standard InChI is InChI=1S/C12H13BrN2S/c1-14-7-11-8-16-12(15-11)6-9-3-2-4-10(13)5-9/h2-5,8,14H,6-7H2,1H3. The van der Waals surface area contributed by atoms with Crippen molar-refractivity contribution >= 4 is 27.3 Å².